The van der Waals surface area contributed by atoms with Crippen LogP contribution in [0.1, 0.15) is 0 Å². The van der Waals surface area contributed by atoms with Crippen LogP contribution in [0.4, 0.5) is 0 Å². The molecule has 0 fully saturated rings. The average molecular weight is 287 g/mol. The molecule has 1 aromatic carbocycles. The minimum absolute atomic E-state index is 0.785. The van der Waals surface area contributed by atoms with Gasteiger partial charge in [-0.15, -0.1) is 0 Å². The molecule has 6 heteroatoms. The van der Waals surface area contributed by atoms with E-state index in [1.807, 2.05) is 17.1 Å². The number of hydrogen-bond acceptors (Lipinski definition) is 5. The van der Waals surface area contributed by atoms with Crippen molar-refractivity contribution in [1.29, 1.82) is 0 Å². The molecule has 0 radical (unpaired) electrons. The average Bonchev–Trinajstić information content (AvgIpc) is 2.88. The van der Waals surface area contributed by atoms with Gasteiger partial charge in [0.05, 0.1) is 6.54 Å². The smallest absolute Gasteiger partial charge is 0.187 e. The van der Waals surface area contributed by atoms with Crippen molar-refractivity contribution in [2.75, 3.05) is 26.9 Å². The van der Waals surface area contributed by atoms with Crippen LogP contribution in [0.5, 0.6) is 0 Å². The van der Waals surface area contributed by atoms with Crippen molar-refractivity contribution in [3.63, 3.8) is 0 Å². The number of benzene rings is 1. The summed E-state index contributed by atoms with van der Waals surface area (Å²) in [6.45, 7) is 1.85. The SMILES string of the molecule is CSc1ncc2ccc3cn(CCN(C)C)nc3c2n1. The van der Waals surface area contributed by atoms with E-state index in [9.17, 15) is 0 Å². The third-order valence-corrected chi connectivity index (χ3v) is 3.77. The predicted molar refractivity (Wildman–Crippen MR) is 83.2 cm³/mol. The number of thioether (sulfide) groups is 1. The molecule has 3 rings (SSSR count). The first-order valence-electron chi connectivity index (χ1n) is 6.49. The van der Waals surface area contributed by atoms with Gasteiger partial charge in [-0.3, -0.25) is 4.68 Å². The number of aromatic nitrogens is 4. The largest absolute Gasteiger partial charge is 0.308 e. The lowest BCUT2D eigenvalue weighted by Crippen LogP contribution is -2.18. The van der Waals surface area contributed by atoms with Crippen molar-refractivity contribution < 1.29 is 0 Å². The van der Waals surface area contributed by atoms with Gasteiger partial charge in [-0.05, 0) is 20.4 Å². The van der Waals surface area contributed by atoms with E-state index in [0.717, 1.165) is 40.1 Å². The van der Waals surface area contributed by atoms with Gasteiger partial charge in [-0.1, -0.05) is 23.9 Å². The molecule has 0 aliphatic carbocycles. The molecular formula is C14H17N5S. The summed E-state index contributed by atoms with van der Waals surface area (Å²) in [5.41, 5.74) is 1.89. The topological polar surface area (TPSA) is 46.8 Å². The van der Waals surface area contributed by atoms with Crippen molar-refractivity contribution in [3.8, 4) is 0 Å². The van der Waals surface area contributed by atoms with Crippen LogP contribution < -0.4 is 0 Å². The monoisotopic (exact) mass is 287 g/mol. The molecule has 0 amide bonds. The highest BCUT2D eigenvalue weighted by Crippen LogP contribution is 2.23. The Kier molecular flexibility index (Phi) is 3.58. The van der Waals surface area contributed by atoms with E-state index >= 15 is 0 Å². The molecule has 0 saturated heterocycles. The van der Waals surface area contributed by atoms with Crippen LogP contribution in [0.25, 0.3) is 21.8 Å². The molecule has 0 aliphatic rings. The molecule has 20 heavy (non-hydrogen) atoms. The fourth-order valence-electron chi connectivity index (χ4n) is 2.12. The van der Waals surface area contributed by atoms with Gasteiger partial charge in [0.15, 0.2) is 5.16 Å². The summed E-state index contributed by atoms with van der Waals surface area (Å²) < 4.78 is 1.99. The van der Waals surface area contributed by atoms with Crippen molar-refractivity contribution in [3.05, 3.63) is 24.5 Å². The lowest BCUT2D eigenvalue weighted by atomic mass is 10.2. The first-order chi connectivity index (χ1) is 9.67. The summed E-state index contributed by atoms with van der Waals surface area (Å²) in [6, 6.07) is 4.14. The summed E-state index contributed by atoms with van der Waals surface area (Å²) in [5, 5.41) is 7.63. The maximum Gasteiger partial charge on any atom is 0.187 e. The Bertz CT molecular complexity index is 750. The van der Waals surface area contributed by atoms with Crippen molar-refractivity contribution in [2.45, 2.75) is 11.7 Å². The van der Waals surface area contributed by atoms with E-state index in [0.29, 0.717) is 0 Å². The fourth-order valence-corrected chi connectivity index (χ4v) is 2.46. The molecular weight excluding hydrogens is 270 g/mol. The maximum atomic E-state index is 4.68. The molecule has 3 aromatic rings. The highest BCUT2D eigenvalue weighted by Gasteiger charge is 2.08. The molecule has 2 heterocycles. The third-order valence-electron chi connectivity index (χ3n) is 3.21. The fraction of sp³-hybridized carbons (Fsp3) is 0.357. The van der Waals surface area contributed by atoms with E-state index in [2.05, 4.69) is 52.4 Å². The van der Waals surface area contributed by atoms with Gasteiger partial charge in [-0.2, -0.15) is 5.10 Å². The summed E-state index contributed by atoms with van der Waals surface area (Å²) in [4.78, 5) is 11.1. The van der Waals surface area contributed by atoms with E-state index in [4.69, 9.17) is 0 Å². The number of hydrogen-bond donors (Lipinski definition) is 0. The molecule has 0 spiro atoms. The van der Waals surface area contributed by atoms with Gasteiger partial charge in [0.25, 0.3) is 0 Å². The van der Waals surface area contributed by atoms with Crippen LogP contribution in [0, 0.1) is 0 Å². The van der Waals surface area contributed by atoms with Gasteiger partial charge in [0.2, 0.25) is 0 Å². The van der Waals surface area contributed by atoms with Gasteiger partial charge >= 0.3 is 0 Å². The molecule has 2 aromatic heterocycles. The number of nitrogens with zero attached hydrogens (tertiary/aromatic N) is 5. The highest BCUT2D eigenvalue weighted by atomic mass is 32.2. The summed E-state index contributed by atoms with van der Waals surface area (Å²) in [5.74, 6) is 0. The normalized spacial score (nSPS) is 11.8. The zero-order valence-electron chi connectivity index (χ0n) is 11.9. The molecule has 0 unspecified atom stereocenters. The number of rotatable bonds is 4. The Balaban J connectivity index is 2.09. The van der Waals surface area contributed by atoms with E-state index in [1.54, 1.807) is 11.8 Å². The van der Waals surface area contributed by atoms with Crippen LogP contribution in [0.15, 0.2) is 29.7 Å². The Morgan fingerprint density at radius 3 is 2.75 bits per heavy atom. The molecule has 0 N–H and O–H groups in total. The molecule has 0 atom stereocenters. The maximum absolute atomic E-state index is 4.68. The van der Waals surface area contributed by atoms with E-state index < -0.39 is 0 Å². The van der Waals surface area contributed by atoms with E-state index in [-0.39, 0.29) is 0 Å². The number of likely N-dealkylation sites (N-methyl/N-ethyl adjacent to an activating group) is 1. The first kappa shape index (κ1) is 13.3. The molecule has 0 saturated carbocycles. The van der Waals surface area contributed by atoms with Crippen LogP contribution in [0.2, 0.25) is 0 Å². The molecule has 0 bridgehead atoms. The van der Waals surface area contributed by atoms with Crippen LogP contribution in [0.3, 0.4) is 0 Å². The Morgan fingerprint density at radius 1 is 1.20 bits per heavy atom. The van der Waals surface area contributed by atoms with Crippen LogP contribution >= 0.6 is 11.8 Å². The van der Waals surface area contributed by atoms with Gasteiger partial charge in [-0.25, -0.2) is 9.97 Å². The first-order valence-corrected chi connectivity index (χ1v) is 7.71. The zero-order chi connectivity index (χ0) is 14.1. The number of fused-ring (bicyclic) bond motifs is 3. The summed E-state index contributed by atoms with van der Waals surface area (Å²) >= 11 is 1.55. The standard InChI is InChI=1S/C14H17N5S/c1-18(2)6-7-19-9-11-5-4-10-8-15-14(20-3)16-12(10)13(11)17-19/h4-5,8-9H,6-7H2,1-3H3. The quantitative estimate of drug-likeness (QED) is 0.544. The van der Waals surface area contributed by atoms with E-state index in [1.165, 1.54) is 0 Å². The lowest BCUT2D eigenvalue weighted by Gasteiger charge is -2.08. The second-order valence-corrected chi connectivity index (χ2v) is 5.77. The third kappa shape index (κ3) is 2.48. The van der Waals surface area contributed by atoms with Crippen molar-refractivity contribution >= 4 is 33.6 Å². The zero-order valence-corrected chi connectivity index (χ0v) is 12.7. The Labute approximate surface area is 122 Å². The lowest BCUT2D eigenvalue weighted by molar-refractivity contribution is 0.374. The van der Waals surface area contributed by atoms with Gasteiger partial charge in [0.1, 0.15) is 11.0 Å². The van der Waals surface area contributed by atoms with Crippen LogP contribution in [-0.2, 0) is 6.54 Å². The molecule has 104 valence electrons. The minimum atomic E-state index is 0.785. The summed E-state index contributed by atoms with van der Waals surface area (Å²) in [7, 11) is 4.13. The molecule has 0 aliphatic heterocycles. The molecule has 5 nitrogen and oxygen atoms in total. The van der Waals surface area contributed by atoms with Gasteiger partial charge in [0, 0.05) is 29.7 Å². The Morgan fingerprint density at radius 2 is 2.00 bits per heavy atom. The van der Waals surface area contributed by atoms with Crippen LogP contribution in [-0.4, -0.2) is 51.5 Å². The van der Waals surface area contributed by atoms with Gasteiger partial charge < -0.3 is 4.90 Å². The Hall–Kier alpha value is -1.66. The predicted octanol–water partition coefficient (Wildman–Crippen LogP) is 2.26. The second kappa shape index (κ2) is 5.38. The minimum Gasteiger partial charge on any atom is -0.308 e. The summed E-state index contributed by atoms with van der Waals surface area (Å²) in [6.07, 6.45) is 5.93. The van der Waals surface area contributed by atoms with Crippen molar-refractivity contribution in [1.82, 2.24) is 24.6 Å². The van der Waals surface area contributed by atoms with Crippen molar-refractivity contribution in [2.24, 2.45) is 0 Å². The second-order valence-electron chi connectivity index (χ2n) is 4.99. The highest BCUT2D eigenvalue weighted by molar-refractivity contribution is 7.98.